The summed E-state index contributed by atoms with van der Waals surface area (Å²) in [6, 6.07) is 15.7. The number of halogens is 1. The molecule has 0 aliphatic carbocycles. The van der Waals surface area contributed by atoms with E-state index in [2.05, 4.69) is 4.90 Å². The number of aromatic nitrogens is 2. The van der Waals surface area contributed by atoms with E-state index in [-0.39, 0.29) is 18.5 Å². The van der Waals surface area contributed by atoms with Crippen molar-refractivity contribution >= 4 is 0 Å². The van der Waals surface area contributed by atoms with Crippen LogP contribution in [-0.2, 0) is 16.0 Å². The van der Waals surface area contributed by atoms with Crippen LogP contribution in [0.3, 0.4) is 0 Å². The summed E-state index contributed by atoms with van der Waals surface area (Å²) in [5, 5.41) is 15.4. The molecule has 1 fully saturated rings. The Morgan fingerprint density at radius 3 is 2.66 bits per heavy atom. The Hall–Kier alpha value is -2.78. The molecular weight excluding hydrogens is 449 g/mol. The molecule has 0 bridgehead atoms. The lowest BCUT2D eigenvalue weighted by Gasteiger charge is -2.27. The molecule has 1 saturated heterocycles. The molecule has 2 aromatic carbocycles. The van der Waals surface area contributed by atoms with Gasteiger partial charge in [-0.2, -0.15) is 5.10 Å². The quantitative estimate of drug-likeness (QED) is 0.409. The minimum absolute atomic E-state index is 0.125. The molecular formula is C27H34FN3O4. The van der Waals surface area contributed by atoms with E-state index in [1.54, 1.807) is 16.8 Å². The van der Waals surface area contributed by atoms with Crippen LogP contribution in [0.5, 0.6) is 11.6 Å². The smallest absolute Gasteiger partial charge is 0.227 e. The average Bonchev–Trinajstić information content (AvgIpc) is 3.48. The second-order valence-electron chi connectivity index (χ2n) is 8.81. The number of para-hydroxylation sites is 1. The van der Waals surface area contributed by atoms with Crippen molar-refractivity contribution in [1.82, 2.24) is 14.7 Å². The van der Waals surface area contributed by atoms with E-state index in [1.807, 2.05) is 44.2 Å². The Bertz CT molecular complexity index is 1050. The molecule has 0 radical (unpaired) electrons. The van der Waals surface area contributed by atoms with Gasteiger partial charge in [0.15, 0.2) is 0 Å². The van der Waals surface area contributed by atoms with Crippen molar-refractivity contribution in [2.45, 2.75) is 45.4 Å². The molecule has 1 aliphatic heterocycles. The third kappa shape index (κ3) is 6.89. The lowest BCUT2D eigenvalue weighted by molar-refractivity contribution is 0.00498. The van der Waals surface area contributed by atoms with E-state index in [1.165, 1.54) is 12.1 Å². The van der Waals surface area contributed by atoms with E-state index in [4.69, 9.17) is 19.3 Å². The maximum Gasteiger partial charge on any atom is 0.227 e. The summed E-state index contributed by atoms with van der Waals surface area (Å²) in [7, 11) is 0. The number of aryl methyl sites for hydroxylation is 1. The van der Waals surface area contributed by atoms with Crippen LogP contribution in [0, 0.1) is 12.7 Å². The third-order valence-corrected chi connectivity index (χ3v) is 6.02. The normalized spacial score (nSPS) is 16.7. The number of benzene rings is 2. The maximum atomic E-state index is 13.5. The fourth-order valence-electron chi connectivity index (χ4n) is 4.29. The predicted molar refractivity (Wildman–Crippen MR) is 132 cm³/mol. The number of nitrogens with zero attached hydrogens (tertiary/aromatic N) is 3. The van der Waals surface area contributed by atoms with Gasteiger partial charge in [0.05, 0.1) is 35.8 Å². The van der Waals surface area contributed by atoms with Crippen molar-refractivity contribution in [2.24, 2.45) is 0 Å². The van der Waals surface area contributed by atoms with Crippen molar-refractivity contribution in [3.63, 3.8) is 0 Å². The van der Waals surface area contributed by atoms with Crippen LogP contribution in [0.4, 0.5) is 4.39 Å². The van der Waals surface area contributed by atoms with Crippen molar-refractivity contribution in [3.8, 4) is 17.3 Å². The van der Waals surface area contributed by atoms with Crippen LogP contribution in [0.15, 0.2) is 54.6 Å². The SMILES string of the molecule is CCOC[C@H](O)CN(Cc1c(C)nn(-c2ccccc2)c1Oc1ccc(F)cc1)C[C@@H]1CCCO1. The van der Waals surface area contributed by atoms with Crippen molar-refractivity contribution < 1.29 is 23.7 Å². The first kappa shape index (κ1) is 25.3. The summed E-state index contributed by atoms with van der Waals surface area (Å²) in [5.41, 5.74) is 2.59. The lowest BCUT2D eigenvalue weighted by Crippen LogP contribution is -2.39. The second-order valence-corrected chi connectivity index (χ2v) is 8.81. The summed E-state index contributed by atoms with van der Waals surface area (Å²) in [5.74, 6) is 0.764. The fraction of sp³-hybridized carbons (Fsp3) is 0.444. The van der Waals surface area contributed by atoms with Crippen LogP contribution in [0.25, 0.3) is 5.69 Å². The highest BCUT2D eigenvalue weighted by atomic mass is 19.1. The van der Waals surface area contributed by atoms with Gasteiger partial charge < -0.3 is 19.3 Å². The Labute approximate surface area is 206 Å². The minimum Gasteiger partial charge on any atom is -0.439 e. The molecule has 1 N–H and O–H groups in total. The summed E-state index contributed by atoms with van der Waals surface area (Å²) >= 11 is 0. The van der Waals surface area contributed by atoms with Gasteiger partial charge in [-0.1, -0.05) is 18.2 Å². The highest BCUT2D eigenvalue weighted by molar-refractivity contribution is 5.43. The van der Waals surface area contributed by atoms with E-state index >= 15 is 0 Å². The van der Waals surface area contributed by atoms with Gasteiger partial charge in [-0.3, -0.25) is 4.90 Å². The highest BCUT2D eigenvalue weighted by Crippen LogP contribution is 2.32. The summed E-state index contributed by atoms with van der Waals surface area (Å²) in [4.78, 5) is 2.18. The van der Waals surface area contributed by atoms with E-state index in [9.17, 15) is 9.50 Å². The molecule has 2 atom stereocenters. The van der Waals surface area contributed by atoms with Gasteiger partial charge in [-0.25, -0.2) is 9.07 Å². The number of rotatable bonds is 12. The van der Waals surface area contributed by atoms with Crippen LogP contribution < -0.4 is 4.74 Å². The summed E-state index contributed by atoms with van der Waals surface area (Å²) in [6.45, 7) is 7.11. The predicted octanol–water partition coefficient (Wildman–Crippen LogP) is 4.49. The van der Waals surface area contributed by atoms with Gasteiger partial charge in [0.2, 0.25) is 5.88 Å². The lowest BCUT2D eigenvalue weighted by atomic mass is 10.1. The first-order valence-corrected chi connectivity index (χ1v) is 12.2. The number of hydrogen-bond acceptors (Lipinski definition) is 6. The molecule has 188 valence electrons. The van der Waals surface area contributed by atoms with Gasteiger partial charge in [-0.05, 0) is 63.1 Å². The van der Waals surface area contributed by atoms with Gasteiger partial charge in [0.25, 0.3) is 0 Å². The number of ether oxygens (including phenoxy) is 3. The summed E-state index contributed by atoms with van der Waals surface area (Å²) in [6.07, 6.45) is 1.55. The van der Waals surface area contributed by atoms with Crippen LogP contribution in [-0.4, -0.2) is 64.9 Å². The molecule has 3 aromatic rings. The average molecular weight is 484 g/mol. The van der Waals surface area contributed by atoms with E-state index in [0.29, 0.717) is 37.9 Å². The molecule has 8 heteroatoms. The molecule has 0 spiro atoms. The molecule has 0 saturated carbocycles. The molecule has 35 heavy (non-hydrogen) atoms. The standard InChI is InChI=1S/C27H34FN3O4/c1-3-33-19-23(32)16-30(17-25-10-7-15-34-25)18-26-20(2)29-31(22-8-5-4-6-9-22)27(26)35-24-13-11-21(28)12-14-24/h4-6,8-9,11-14,23,25,32H,3,7,10,15-19H2,1-2H3/t23-,25+/m1/s1. The zero-order valence-corrected chi connectivity index (χ0v) is 20.4. The Balaban J connectivity index is 1.65. The fourth-order valence-corrected chi connectivity index (χ4v) is 4.29. The zero-order chi connectivity index (χ0) is 24.6. The first-order valence-electron chi connectivity index (χ1n) is 12.2. The first-order chi connectivity index (χ1) is 17.0. The molecule has 0 unspecified atom stereocenters. The Morgan fingerprint density at radius 2 is 1.97 bits per heavy atom. The van der Waals surface area contributed by atoms with Crippen molar-refractivity contribution in [1.29, 1.82) is 0 Å². The number of hydrogen-bond donors (Lipinski definition) is 1. The van der Waals surface area contributed by atoms with Crippen LogP contribution >= 0.6 is 0 Å². The topological polar surface area (TPSA) is 69.0 Å². The number of aliphatic hydroxyl groups is 1. The Kier molecular flexibility index (Phi) is 8.87. The molecule has 0 amide bonds. The van der Waals surface area contributed by atoms with Gasteiger partial charge in [0.1, 0.15) is 11.6 Å². The van der Waals surface area contributed by atoms with Crippen LogP contribution in [0.1, 0.15) is 31.0 Å². The van der Waals surface area contributed by atoms with Crippen molar-refractivity contribution in [2.75, 3.05) is 32.9 Å². The molecule has 2 heterocycles. The Morgan fingerprint density at radius 1 is 1.20 bits per heavy atom. The third-order valence-electron chi connectivity index (χ3n) is 6.02. The largest absolute Gasteiger partial charge is 0.439 e. The van der Waals surface area contributed by atoms with E-state index < -0.39 is 6.10 Å². The van der Waals surface area contributed by atoms with Crippen molar-refractivity contribution in [3.05, 3.63) is 71.7 Å². The van der Waals surface area contributed by atoms with Gasteiger partial charge >= 0.3 is 0 Å². The number of aliphatic hydroxyl groups excluding tert-OH is 1. The second kappa shape index (κ2) is 12.3. The van der Waals surface area contributed by atoms with E-state index in [0.717, 1.165) is 36.4 Å². The maximum absolute atomic E-state index is 13.5. The molecule has 4 rings (SSSR count). The molecule has 1 aromatic heterocycles. The molecule has 7 nitrogen and oxygen atoms in total. The van der Waals surface area contributed by atoms with Gasteiger partial charge in [0, 0.05) is 32.8 Å². The monoisotopic (exact) mass is 483 g/mol. The molecule has 1 aliphatic rings. The summed E-state index contributed by atoms with van der Waals surface area (Å²) < 4.78 is 32.9. The zero-order valence-electron chi connectivity index (χ0n) is 20.4. The van der Waals surface area contributed by atoms with Crippen LogP contribution in [0.2, 0.25) is 0 Å². The highest BCUT2D eigenvalue weighted by Gasteiger charge is 2.26. The van der Waals surface area contributed by atoms with Gasteiger partial charge in [-0.15, -0.1) is 0 Å². The minimum atomic E-state index is -0.623.